The first-order chi connectivity index (χ1) is 13.2. The summed E-state index contributed by atoms with van der Waals surface area (Å²) in [7, 11) is 0. The van der Waals surface area contributed by atoms with Crippen LogP contribution in [0.25, 0.3) is 10.6 Å². The van der Waals surface area contributed by atoms with Gasteiger partial charge in [0.15, 0.2) is 0 Å². The van der Waals surface area contributed by atoms with Crippen LogP contribution in [0.5, 0.6) is 5.75 Å². The fraction of sp³-hybridized carbons (Fsp3) is 0.158. The van der Waals surface area contributed by atoms with Crippen molar-refractivity contribution < 1.29 is 9.53 Å². The lowest BCUT2D eigenvalue weighted by atomic mass is 10.2. The van der Waals surface area contributed by atoms with Crippen molar-refractivity contribution >= 4 is 23.5 Å². The van der Waals surface area contributed by atoms with Crippen molar-refractivity contribution in [3.8, 4) is 16.3 Å². The topological polar surface area (TPSA) is 96.4 Å². The molecule has 1 aromatic carbocycles. The van der Waals surface area contributed by atoms with Gasteiger partial charge in [-0.15, -0.1) is 11.3 Å². The van der Waals surface area contributed by atoms with Gasteiger partial charge in [0.2, 0.25) is 0 Å². The Bertz CT molecular complexity index is 996. The van der Waals surface area contributed by atoms with Gasteiger partial charge in [0.1, 0.15) is 11.4 Å². The third-order valence-electron chi connectivity index (χ3n) is 3.51. The maximum Gasteiger partial charge on any atom is 0.346 e. The third-order valence-corrected chi connectivity index (χ3v) is 4.42. The molecular formula is C19H18N4O3S. The van der Waals surface area contributed by atoms with E-state index in [1.807, 2.05) is 48.7 Å². The Balaban J connectivity index is 1.73. The molecule has 0 aliphatic carbocycles. The quantitative estimate of drug-likeness (QED) is 0.485. The number of H-pyrrole nitrogens is 1. The largest absolute Gasteiger partial charge is 0.493 e. The molecule has 3 aromatic rings. The van der Waals surface area contributed by atoms with Gasteiger partial charge in [-0.1, -0.05) is 25.1 Å². The van der Waals surface area contributed by atoms with E-state index in [1.54, 1.807) is 0 Å². The molecule has 2 aromatic heterocycles. The highest BCUT2D eigenvalue weighted by molar-refractivity contribution is 7.13. The maximum absolute atomic E-state index is 12.3. The highest BCUT2D eigenvalue weighted by atomic mass is 32.1. The molecule has 0 atom stereocenters. The summed E-state index contributed by atoms with van der Waals surface area (Å²) in [6.45, 7) is 2.62. The molecule has 2 heterocycles. The first-order valence-electron chi connectivity index (χ1n) is 8.38. The summed E-state index contributed by atoms with van der Waals surface area (Å²) in [5.74, 6) is 0.119. The molecule has 138 valence electrons. The molecule has 0 radical (unpaired) electrons. The second-order valence-corrected chi connectivity index (χ2v) is 6.50. The summed E-state index contributed by atoms with van der Waals surface area (Å²) in [6, 6.07) is 12.6. The molecular weight excluding hydrogens is 364 g/mol. The first-order valence-corrected chi connectivity index (χ1v) is 9.26. The van der Waals surface area contributed by atoms with Crippen LogP contribution in [0, 0.1) is 0 Å². The van der Waals surface area contributed by atoms with E-state index in [4.69, 9.17) is 4.74 Å². The Morgan fingerprint density at radius 2 is 2.19 bits per heavy atom. The number of nitrogens with one attached hydrogen (secondary N) is 2. The number of rotatable bonds is 7. The SMILES string of the molecule is CCCOc1ccccc1/C=N/NC(=O)c1cc(-c2cccs2)[nH]c(=O)n1. The summed E-state index contributed by atoms with van der Waals surface area (Å²) in [6.07, 6.45) is 2.39. The van der Waals surface area contributed by atoms with Crippen LogP contribution in [-0.4, -0.2) is 28.7 Å². The molecule has 0 bridgehead atoms. The molecule has 7 nitrogen and oxygen atoms in total. The number of hydrazone groups is 1. The molecule has 2 N–H and O–H groups in total. The summed E-state index contributed by atoms with van der Waals surface area (Å²) in [5, 5.41) is 5.84. The minimum absolute atomic E-state index is 0.00480. The van der Waals surface area contributed by atoms with Crippen molar-refractivity contribution in [2.75, 3.05) is 6.61 Å². The predicted octanol–water partition coefficient (Wildman–Crippen LogP) is 3.05. The molecule has 0 saturated heterocycles. The number of ether oxygens (including phenoxy) is 1. The van der Waals surface area contributed by atoms with Gasteiger partial charge in [0, 0.05) is 5.56 Å². The van der Waals surface area contributed by atoms with Crippen LogP contribution in [0.1, 0.15) is 29.4 Å². The standard InChI is InChI=1S/C19H18N4O3S/c1-2-9-26-16-7-4-3-6-13(16)12-20-23-18(24)15-11-14(21-19(25)22-15)17-8-5-10-27-17/h3-8,10-12H,2,9H2,1H3,(H,23,24)(H,21,22,25)/b20-12+. The van der Waals surface area contributed by atoms with E-state index in [9.17, 15) is 9.59 Å². The molecule has 0 aliphatic heterocycles. The highest BCUT2D eigenvalue weighted by Gasteiger charge is 2.11. The van der Waals surface area contributed by atoms with E-state index in [2.05, 4.69) is 20.5 Å². The van der Waals surface area contributed by atoms with Gasteiger partial charge in [0.05, 0.1) is 23.4 Å². The van der Waals surface area contributed by atoms with Crippen LogP contribution in [0.2, 0.25) is 0 Å². The van der Waals surface area contributed by atoms with Gasteiger partial charge in [0.25, 0.3) is 5.91 Å². The number of aromatic amines is 1. The van der Waals surface area contributed by atoms with Crippen molar-refractivity contribution in [3.63, 3.8) is 0 Å². The van der Waals surface area contributed by atoms with Crippen LogP contribution in [0.15, 0.2) is 57.7 Å². The van der Waals surface area contributed by atoms with Crippen LogP contribution in [-0.2, 0) is 0 Å². The van der Waals surface area contributed by atoms with Crippen LogP contribution < -0.4 is 15.9 Å². The van der Waals surface area contributed by atoms with Gasteiger partial charge >= 0.3 is 5.69 Å². The number of hydrogen-bond donors (Lipinski definition) is 2. The predicted molar refractivity (Wildman–Crippen MR) is 105 cm³/mol. The second-order valence-electron chi connectivity index (χ2n) is 5.55. The van der Waals surface area contributed by atoms with Gasteiger partial charge in [-0.25, -0.2) is 10.2 Å². The Kier molecular flexibility index (Phi) is 6.11. The summed E-state index contributed by atoms with van der Waals surface area (Å²) < 4.78 is 5.64. The van der Waals surface area contributed by atoms with E-state index >= 15 is 0 Å². The van der Waals surface area contributed by atoms with E-state index in [-0.39, 0.29) is 5.69 Å². The van der Waals surface area contributed by atoms with Crippen LogP contribution in [0.4, 0.5) is 0 Å². The van der Waals surface area contributed by atoms with E-state index < -0.39 is 11.6 Å². The van der Waals surface area contributed by atoms with Crippen molar-refractivity contribution in [2.24, 2.45) is 5.10 Å². The van der Waals surface area contributed by atoms with Gasteiger partial charge in [-0.05, 0) is 36.1 Å². The number of carbonyl (C=O) groups is 1. The summed E-state index contributed by atoms with van der Waals surface area (Å²) in [5.41, 5.74) is 3.08. The Morgan fingerprint density at radius 3 is 2.96 bits per heavy atom. The molecule has 27 heavy (non-hydrogen) atoms. The smallest absolute Gasteiger partial charge is 0.346 e. The van der Waals surface area contributed by atoms with Gasteiger partial charge < -0.3 is 9.72 Å². The average molecular weight is 382 g/mol. The Hall–Kier alpha value is -3.26. The molecule has 8 heteroatoms. The van der Waals surface area contributed by atoms with E-state index in [0.29, 0.717) is 18.1 Å². The minimum atomic E-state index is -0.589. The number of amides is 1. The maximum atomic E-state index is 12.3. The van der Waals surface area contributed by atoms with Crippen molar-refractivity contribution in [2.45, 2.75) is 13.3 Å². The lowest BCUT2D eigenvalue weighted by Crippen LogP contribution is -2.24. The fourth-order valence-corrected chi connectivity index (χ4v) is 2.98. The van der Waals surface area contributed by atoms with Crippen LogP contribution in [0.3, 0.4) is 0 Å². The monoisotopic (exact) mass is 382 g/mol. The number of thiophene rings is 1. The van der Waals surface area contributed by atoms with Crippen LogP contribution >= 0.6 is 11.3 Å². The van der Waals surface area contributed by atoms with E-state index in [1.165, 1.54) is 23.6 Å². The molecule has 3 rings (SSSR count). The summed E-state index contributed by atoms with van der Waals surface area (Å²) in [4.78, 5) is 31.2. The number of aromatic nitrogens is 2. The second kappa shape index (κ2) is 8.91. The van der Waals surface area contributed by atoms with Crippen molar-refractivity contribution in [1.82, 2.24) is 15.4 Å². The zero-order valence-electron chi connectivity index (χ0n) is 14.6. The number of hydrogen-bond acceptors (Lipinski definition) is 6. The zero-order valence-corrected chi connectivity index (χ0v) is 15.5. The van der Waals surface area contributed by atoms with Gasteiger partial charge in [-0.2, -0.15) is 10.1 Å². The molecule has 0 fully saturated rings. The molecule has 1 amide bonds. The first kappa shape index (κ1) is 18.5. The van der Waals surface area contributed by atoms with Crippen molar-refractivity contribution in [3.05, 3.63) is 69.6 Å². The normalized spacial score (nSPS) is 10.9. The number of benzene rings is 1. The zero-order chi connectivity index (χ0) is 19.1. The Labute approximate surface area is 159 Å². The number of nitrogens with zero attached hydrogens (tertiary/aromatic N) is 2. The number of carbonyl (C=O) groups excluding carboxylic acids is 1. The molecule has 0 aliphatic rings. The van der Waals surface area contributed by atoms with Gasteiger partial charge in [-0.3, -0.25) is 4.79 Å². The fourth-order valence-electron chi connectivity index (χ4n) is 2.29. The minimum Gasteiger partial charge on any atom is -0.493 e. The lowest BCUT2D eigenvalue weighted by Gasteiger charge is -2.07. The highest BCUT2D eigenvalue weighted by Crippen LogP contribution is 2.21. The molecule has 0 spiro atoms. The Morgan fingerprint density at radius 1 is 1.33 bits per heavy atom. The van der Waals surface area contributed by atoms with E-state index in [0.717, 1.165) is 16.9 Å². The average Bonchev–Trinajstić information content (AvgIpc) is 3.21. The number of para-hydroxylation sites is 1. The third kappa shape index (κ3) is 4.89. The summed E-state index contributed by atoms with van der Waals surface area (Å²) >= 11 is 1.46. The van der Waals surface area contributed by atoms with Crippen molar-refractivity contribution in [1.29, 1.82) is 0 Å². The lowest BCUT2D eigenvalue weighted by molar-refractivity contribution is 0.0949. The molecule has 0 unspecified atom stereocenters. The molecule has 0 saturated carbocycles.